The second kappa shape index (κ2) is 2.47. The van der Waals surface area contributed by atoms with Crippen LogP contribution in [0.25, 0.3) is 0 Å². The van der Waals surface area contributed by atoms with Crippen molar-refractivity contribution in [2.45, 2.75) is 38.1 Å². The number of hydrogen-bond donors (Lipinski definition) is 0. The average Bonchev–Trinajstić information content (AvgIpc) is 2.41. The van der Waals surface area contributed by atoms with Crippen molar-refractivity contribution >= 4 is 7.85 Å². The summed E-state index contributed by atoms with van der Waals surface area (Å²) in [5, 5.41) is 1.81. The molecule has 2 bridgehead atoms. The lowest BCUT2D eigenvalue weighted by molar-refractivity contribution is -0.304. The standard InChI is InChI=1S/C8H14BNO2/c1-4-8-5(2)6(7(9)11-8)12-10(8)3/h5-7H,4H2,1-3H3/t5-,6?,7-,8-/m1/s1. The topological polar surface area (TPSA) is 21.7 Å². The minimum Gasteiger partial charge on any atom is -0.362 e. The zero-order valence-electron chi connectivity index (χ0n) is 7.78. The lowest BCUT2D eigenvalue weighted by atomic mass is 9.87. The quantitative estimate of drug-likeness (QED) is 0.530. The first-order valence-corrected chi connectivity index (χ1v) is 4.46. The Morgan fingerprint density at radius 1 is 1.58 bits per heavy atom. The van der Waals surface area contributed by atoms with Crippen molar-refractivity contribution in [3.05, 3.63) is 0 Å². The molecule has 2 fully saturated rings. The van der Waals surface area contributed by atoms with E-state index in [1.165, 1.54) is 0 Å². The Labute approximate surface area is 74.4 Å². The summed E-state index contributed by atoms with van der Waals surface area (Å²) in [6.45, 7) is 4.22. The fourth-order valence-corrected chi connectivity index (χ4v) is 2.36. The Morgan fingerprint density at radius 3 is 2.58 bits per heavy atom. The van der Waals surface area contributed by atoms with Gasteiger partial charge >= 0.3 is 0 Å². The molecule has 0 spiro atoms. The van der Waals surface area contributed by atoms with Gasteiger partial charge in [-0.3, -0.25) is 4.84 Å². The summed E-state index contributed by atoms with van der Waals surface area (Å²) in [4.78, 5) is 5.56. The van der Waals surface area contributed by atoms with E-state index in [9.17, 15) is 0 Å². The largest absolute Gasteiger partial charge is 0.362 e. The third kappa shape index (κ3) is 0.780. The van der Waals surface area contributed by atoms with E-state index in [1.54, 1.807) is 0 Å². The van der Waals surface area contributed by atoms with Gasteiger partial charge in [0.2, 0.25) is 0 Å². The average molecular weight is 167 g/mol. The maximum absolute atomic E-state index is 5.76. The molecule has 2 radical (unpaired) electrons. The maximum Gasteiger partial charge on any atom is 0.147 e. The highest BCUT2D eigenvalue weighted by Crippen LogP contribution is 2.47. The molecule has 2 aliphatic rings. The van der Waals surface area contributed by atoms with Gasteiger partial charge < -0.3 is 4.74 Å². The number of ether oxygens (including phenoxy) is 1. The molecule has 2 saturated heterocycles. The molecule has 0 N–H and O–H groups in total. The van der Waals surface area contributed by atoms with Crippen molar-refractivity contribution < 1.29 is 9.57 Å². The molecule has 4 heteroatoms. The molecule has 12 heavy (non-hydrogen) atoms. The molecule has 66 valence electrons. The van der Waals surface area contributed by atoms with E-state index in [-0.39, 0.29) is 17.8 Å². The highest BCUT2D eigenvalue weighted by atomic mass is 16.8. The lowest BCUT2D eigenvalue weighted by Crippen LogP contribution is -2.48. The first-order valence-electron chi connectivity index (χ1n) is 4.46. The van der Waals surface area contributed by atoms with Crippen LogP contribution >= 0.6 is 0 Å². The predicted octanol–water partition coefficient (Wildman–Crippen LogP) is 0.499. The van der Waals surface area contributed by atoms with Crippen LogP contribution in [0.15, 0.2) is 0 Å². The first kappa shape index (κ1) is 8.54. The van der Waals surface area contributed by atoms with Crippen LogP contribution in [-0.2, 0) is 9.57 Å². The van der Waals surface area contributed by atoms with Gasteiger partial charge in [0.05, 0.1) is 0 Å². The van der Waals surface area contributed by atoms with Gasteiger partial charge in [0.25, 0.3) is 0 Å². The van der Waals surface area contributed by atoms with E-state index >= 15 is 0 Å². The van der Waals surface area contributed by atoms with Crippen LogP contribution in [0.4, 0.5) is 0 Å². The number of rotatable bonds is 1. The second-order valence-electron chi connectivity index (χ2n) is 3.64. The minimum absolute atomic E-state index is 0.0370. The van der Waals surface area contributed by atoms with E-state index in [2.05, 4.69) is 13.8 Å². The van der Waals surface area contributed by atoms with Gasteiger partial charge in [-0.2, -0.15) is 5.06 Å². The van der Waals surface area contributed by atoms with Crippen LogP contribution in [0.3, 0.4) is 0 Å². The molecule has 2 rings (SSSR count). The summed E-state index contributed by atoms with van der Waals surface area (Å²) in [5.41, 5.74) is -0.274. The molecule has 0 aromatic rings. The van der Waals surface area contributed by atoms with Gasteiger partial charge in [0, 0.05) is 19.0 Å². The molecular formula is C8H14BNO2. The van der Waals surface area contributed by atoms with Gasteiger partial charge in [-0.05, 0) is 6.42 Å². The van der Waals surface area contributed by atoms with Crippen LogP contribution in [-0.4, -0.2) is 37.8 Å². The number of hydroxylamine groups is 2. The number of hydrogen-bond acceptors (Lipinski definition) is 3. The van der Waals surface area contributed by atoms with Gasteiger partial charge in [0.15, 0.2) is 0 Å². The normalized spacial score (nSPS) is 53.4. The minimum atomic E-state index is -0.274. The highest BCUT2D eigenvalue weighted by Gasteiger charge is 2.59. The van der Waals surface area contributed by atoms with E-state index in [4.69, 9.17) is 17.4 Å². The summed E-state index contributed by atoms with van der Waals surface area (Å²) in [6.07, 6.45) is 0.949. The molecule has 0 aromatic heterocycles. The van der Waals surface area contributed by atoms with Gasteiger partial charge in [-0.15, -0.1) is 0 Å². The van der Waals surface area contributed by atoms with E-state index in [0.29, 0.717) is 5.92 Å². The van der Waals surface area contributed by atoms with E-state index in [0.717, 1.165) is 6.42 Å². The molecule has 0 aliphatic carbocycles. The van der Waals surface area contributed by atoms with Crippen molar-refractivity contribution in [3.63, 3.8) is 0 Å². The predicted molar refractivity (Wildman–Crippen MR) is 45.4 cm³/mol. The molecule has 0 amide bonds. The molecule has 0 aromatic carbocycles. The molecule has 2 heterocycles. The fourth-order valence-electron chi connectivity index (χ4n) is 2.36. The third-order valence-electron chi connectivity index (χ3n) is 3.19. The molecular weight excluding hydrogens is 153 g/mol. The zero-order chi connectivity index (χ0) is 8.93. The molecule has 4 atom stereocenters. The summed E-state index contributed by atoms with van der Waals surface area (Å²) in [7, 11) is 7.67. The summed E-state index contributed by atoms with van der Waals surface area (Å²) in [6, 6.07) is -0.254. The van der Waals surface area contributed by atoms with Crippen molar-refractivity contribution in [3.8, 4) is 0 Å². The Morgan fingerprint density at radius 2 is 2.25 bits per heavy atom. The van der Waals surface area contributed by atoms with Crippen molar-refractivity contribution in [1.82, 2.24) is 5.06 Å². The second-order valence-corrected chi connectivity index (χ2v) is 3.64. The Bertz CT molecular complexity index is 201. The Balaban J connectivity index is 2.30. The SMILES string of the molecule is [B][C@@H]1O[C@]2(CC)[C@H](C)C1ON2C. The Hall–Kier alpha value is -0.0551. The first-order chi connectivity index (χ1) is 5.62. The monoisotopic (exact) mass is 167 g/mol. The number of fused-ring (bicyclic) bond motifs is 2. The van der Waals surface area contributed by atoms with Crippen LogP contribution in [0.2, 0.25) is 0 Å². The fraction of sp³-hybridized carbons (Fsp3) is 1.00. The van der Waals surface area contributed by atoms with Crippen molar-refractivity contribution in [2.24, 2.45) is 5.92 Å². The highest BCUT2D eigenvalue weighted by molar-refractivity contribution is 6.11. The van der Waals surface area contributed by atoms with E-state index in [1.807, 2.05) is 12.1 Å². The van der Waals surface area contributed by atoms with Gasteiger partial charge in [-0.1, -0.05) is 13.8 Å². The zero-order valence-corrected chi connectivity index (χ0v) is 7.78. The molecule has 0 saturated carbocycles. The Kier molecular flexibility index (Phi) is 1.76. The lowest BCUT2D eigenvalue weighted by Gasteiger charge is -2.37. The molecule has 3 nitrogen and oxygen atoms in total. The van der Waals surface area contributed by atoms with Gasteiger partial charge in [0.1, 0.15) is 19.7 Å². The van der Waals surface area contributed by atoms with Gasteiger partial charge in [-0.25, -0.2) is 0 Å². The third-order valence-corrected chi connectivity index (χ3v) is 3.19. The summed E-state index contributed by atoms with van der Waals surface area (Å²) >= 11 is 0. The summed E-state index contributed by atoms with van der Waals surface area (Å²) < 4.78 is 5.70. The van der Waals surface area contributed by atoms with Crippen molar-refractivity contribution in [2.75, 3.05) is 7.05 Å². The maximum atomic E-state index is 5.76. The van der Waals surface area contributed by atoms with Crippen LogP contribution in [0, 0.1) is 5.92 Å². The van der Waals surface area contributed by atoms with Crippen LogP contribution < -0.4 is 0 Å². The number of nitrogens with zero attached hydrogens (tertiary/aromatic N) is 1. The summed E-state index contributed by atoms with van der Waals surface area (Å²) in [5.74, 6) is 0.363. The van der Waals surface area contributed by atoms with E-state index < -0.39 is 0 Å². The van der Waals surface area contributed by atoms with Crippen LogP contribution in [0.5, 0.6) is 0 Å². The van der Waals surface area contributed by atoms with Crippen molar-refractivity contribution in [1.29, 1.82) is 0 Å². The van der Waals surface area contributed by atoms with Crippen LogP contribution in [0.1, 0.15) is 20.3 Å². The smallest absolute Gasteiger partial charge is 0.147 e. The molecule has 2 aliphatic heterocycles. The molecule has 1 unspecified atom stereocenters.